The molecule has 0 spiro atoms. The highest BCUT2D eigenvalue weighted by Gasteiger charge is 2.29. The molecule has 0 aromatic heterocycles. The van der Waals surface area contributed by atoms with E-state index in [2.05, 4.69) is 18.3 Å². The van der Waals surface area contributed by atoms with Crippen molar-refractivity contribution >= 4 is 29.3 Å². The third kappa shape index (κ3) is 5.04. The zero-order chi connectivity index (χ0) is 19.4. The van der Waals surface area contributed by atoms with Crippen molar-refractivity contribution in [2.45, 2.75) is 38.5 Å². The van der Waals surface area contributed by atoms with Crippen LogP contribution in [0.3, 0.4) is 0 Å². The van der Waals surface area contributed by atoms with E-state index in [-0.39, 0.29) is 12.3 Å². The van der Waals surface area contributed by atoms with E-state index < -0.39 is 12.1 Å². The van der Waals surface area contributed by atoms with Gasteiger partial charge in [0, 0.05) is 23.6 Å². The Morgan fingerprint density at radius 2 is 2.00 bits per heavy atom. The standard InChI is InChI=1S/C21H23NO4S/c1-13-8-16-11-19(26-18(16)9-14(13)2)21(25)22-17-5-3-4-15(10-17)12-27-7-6-20(23)24/h3-5,8-10,19H,6-7,11-12H2,1-2H3,(H,22,25)(H,23,24). The Hall–Kier alpha value is -2.47. The molecular formula is C21H23NO4S. The number of benzene rings is 2. The van der Waals surface area contributed by atoms with Crippen molar-refractivity contribution < 1.29 is 19.4 Å². The second kappa shape index (κ2) is 8.48. The lowest BCUT2D eigenvalue weighted by Crippen LogP contribution is -2.31. The summed E-state index contributed by atoms with van der Waals surface area (Å²) in [5.74, 6) is 1.13. The maximum Gasteiger partial charge on any atom is 0.304 e. The minimum absolute atomic E-state index is 0.152. The number of thioether (sulfide) groups is 1. The number of hydrogen-bond donors (Lipinski definition) is 2. The molecule has 0 bridgehead atoms. The lowest BCUT2D eigenvalue weighted by atomic mass is 10.0. The highest BCUT2D eigenvalue weighted by Crippen LogP contribution is 2.32. The van der Waals surface area contributed by atoms with Crippen LogP contribution in [-0.2, 0) is 21.8 Å². The van der Waals surface area contributed by atoms with E-state index in [0.29, 0.717) is 17.9 Å². The zero-order valence-electron chi connectivity index (χ0n) is 15.5. The molecule has 2 aromatic rings. The van der Waals surface area contributed by atoms with Gasteiger partial charge in [-0.25, -0.2) is 0 Å². The van der Waals surface area contributed by atoms with Crippen molar-refractivity contribution in [1.29, 1.82) is 0 Å². The Morgan fingerprint density at radius 3 is 2.78 bits per heavy atom. The van der Waals surface area contributed by atoms with E-state index in [1.807, 2.05) is 37.3 Å². The number of anilines is 1. The maximum atomic E-state index is 12.6. The zero-order valence-corrected chi connectivity index (χ0v) is 16.3. The van der Waals surface area contributed by atoms with Crippen LogP contribution in [0.25, 0.3) is 0 Å². The molecule has 1 aliphatic rings. The number of carbonyl (C=O) groups excluding carboxylic acids is 1. The Kier molecular flexibility index (Phi) is 6.06. The van der Waals surface area contributed by atoms with Gasteiger partial charge in [0.25, 0.3) is 5.91 Å². The second-order valence-electron chi connectivity index (χ2n) is 6.74. The molecule has 1 atom stereocenters. The van der Waals surface area contributed by atoms with Gasteiger partial charge >= 0.3 is 5.97 Å². The van der Waals surface area contributed by atoms with Gasteiger partial charge in [0.1, 0.15) is 5.75 Å². The molecule has 1 aliphatic heterocycles. The van der Waals surface area contributed by atoms with Crippen LogP contribution in [0.15, 0.2) is 36.4 Å². The van der Waals surface area contributed by atoms with E-state index in [0.717, 1.165) is 28.1 Å². The molecule has 5 nitrogen and oxygen atoms in total. The van der Waals surface area contributed by atoms with Gasteiger partial charge in [0.05, 0.1) is 6.42 Å². The molecule has 142 valence electrons. The second-order valence-corrected chi connectivity index (χ2v) is 7.85. The van der Waals surface area contributed by atoms with Gasteiger partial charge < -0.3 is 15.2 Å². The minimum atomic E-state index is -0.786. The quantitative estimate of drug-likeness (QED) is 0.706. The summed E-state index contributed by atoms with van der Waals surface area (Å²) in [7, 11) is 0. The number of aryl methyl sites for hydroxylation is 2. The molecule has 1 unspecified atom stereocenters. The summed E-state index contributed by atoms with van der Waals surface area (Å²) in [6.45, 7) is 4.09. The van der Waals surface area contributed by atoms with Crippen LogP contribution in [0.1, 0.15) is 28.7 Å². The number of rotatable bonds is 7. The average molecular weight is 385 g/mol. The summed E-state index contributed by atoms with van der Waals surface area (Å²) < 4.78 is 5.84. The van der Waals surface area contributed by atoms with Crippen LogP contribution in [-0.4, -0.2) is 28.8 Å². The molecule has 1 amide bonds. The molecule has 0 fully saturated rings. The third-order valence-electron chi connectivity index (χ3n) is 4.57. The number of ether oxygens (including phenoxy) is 1. The summed E-state index contributed by atoms with van der Waals surface area (Å²) in [6.07, 6.45) is 0.210. The van der Waals surface area contributed by atoms with Gasteiger partial charge in [0.15, 0.2) is 6.10 Å². The third-order valence-corrected chi connectivity index (χ3v) is 5.60. The van der Waals surface area contributed by atoms with Gasteiger partial charge in [-0.3, -0.25) is 9.59 Å². The Bertz CT molecular complexity index is 834. The summed E-state index contributed by atoms with van der Waals surface area (Å²) in [5, 5.41) is 11.6. The first-order valence-corrected chi connectivity index (χ1v) is 10.0. The fourth-order valence-corrected chi connectivity index (χ4v) is 3.85. The van der Waals surface area contributed by atoms with Crippen molar-refractivity contribution in [2.24, 2.45) is 0 Å². The van der Waals surface area contributed by atoms with Crippen LogP contribution in [0.2, 0.25) is 0 Å². The number of nitrogens with one attached hydrogen (secondary N) is 1. The SMILES string of the molecule is Cc1cc2c(cc1C)OC(C(=O)Nc1cccc(CSCCC(=O)O)c1)C2. The van der Waals surface area contributed by atoms with Crippen LogP contribution < -0.4 is 10.1 Å². The number of aliphatic carboxylic acids is 1. The fraction of sp³-hybridized carbons (Fsp3) is 0.333. The molecule has 0 radical (unpaired) electrons. The molecule has 3 rings (SSSR count). The molecule has 1 heterocycles. The largest absolute Gasteiger partial charge is 0.481 e. The van der Waals surface area contributed by atoms with Gasteiger partial charge in [-0.15, -0.1) is 0 Å². The number of carbonyl (C=O) groups is 2. The first kappa shape index (κ1) is 19.3. The van der Waals surface area contributed by atoms with Gasteiger partial charge in [-0.1, -0.05) is 18.2 Å². The first-order chi connectivity index (χ1) is 12.9. The molecule has 2 N–H and O–H groups in total. The van der Waals surface area contributed by atoms with E-state index in [1.165, 1.54) is 5.56 Å². The highest BCUT2D eigenvalue weighted by molar-refractivity contribution is 7.98. The van der Waals surface area contributed by atoms with Crippen molar-refractivity contribution in [1.82, 2.24) is 0 Å². The molecule has 2 aromatic carbocycles. The van der Waals surface area contributed by atoms with E-state index in [4.69, 9.17) is 9.84 Å². The van der Waals surface area contributed by atoms with E-state index in [9.17, 15) is 9.59 Å². The topological polar surface area (TPSA) is 75.6 Å². The Balaban J connectivity index is 1.57. The molecule has 27 heavy (non-hydrogen) atoms. The smallest absolute Gasteiger partial charge is 0.304 e. The lowest BCUT2D eigenvalue weighted by Gasteiger charge is -2.12. The first-order valence-electron chi connectivity index (χ1n) is 8.88. The van der Waals surface area contributed by atoms with Crippen LogP contribution in [0.4, 0.5) is 5.69 Å². The monoisotopic (exact) mass is 385 g/mol. The maximum absolute atomic E-state index is 12.6. The molecule has 0 saturated carbocycles. The van der Waals surface area contributed by atoms with Crippen molar-refractivity contribution in [3.8, 4) is 5.75 Å². The van der Waals surface area contributed by atoms with Gasteiger partial charge in [0.2, 0.25) is 0 Å². The lowest BCUT2D eigenvalue weighted by molar-refractivity contribution is -0.136. The Labute approximate surface area is 163 Å². The minimum Gasteiger partial charge on any atom is -0.481 e. The summed E-state index contributed by atoms with van der Waals surface area (Å²) in [6, 6.07) is 11.7. The van der Waals surface area contributed by atoms with Gasteiger partial charge in [-0.2, -0.15) is 11.8 Å². The fourth-order valence-electron chi connectivity index (χ4n) is 2.97. The van der Waals surface area contributed by atoms with Crippen LogP contribution >= 0.6 is 11.8 Å². The van der Waals surface area contributed by atoms with E-state index in [1.54, 1.807) is 11.8 Å². The number of carboxylic acids is 1. The van der Waals surface area contributed by atoms with Crippen molar-refractivity contribution in [2.75, 3.05) is 11.1 Å². The van der Waals surface area contributed by atoms with E-state index >= 15 is 0 Å². The predicted molar refractivity (Wildman–Crippen MR) is 108 cm³/mol. The molecule has 6 heteroatoms. The van der Waals surface area contributed by atoms with Crippen LogP contribution in [0, 0.1) is 13.8 Å². The number of fused-ring (bicyclic) bond motifs is 1. The number of hydrogen-bond acceptors (Lipinski definition) is 4. The summed E-state index contributed by atoms with van der Waals surface area (Å²) in [5.41, 5.74) is 5.20. The Morgan fingerprint density at radius 1 is 1.22 bits per heavy atom. The summed E-state index contributed by atoms with van der Waals surface area (Å²) in [4.78, 5) is 23.2. The highest BCUT2D eigenvalue weighted by atomic mass is 32.2. The number of carboxylic acid groups (broad SMARTS) is 1. The molecular weight excluding hydrogens is 362 g/mol. The average Bonchev–Trinajstić information content (AvgIpc) is 3.02. The number of amides is 1. The molecule has 0 aliphatic carbocycles. The van der Waals surface area contributed by atoms with Crippen molar-refractivity contribution in [3.63, 3.8) is 0 Å². The predicted octanol–water partition coefficient (Wildman–Crippen LogP) is 3.95. The van der Waals surface area contributed by atoms with Crippen molar-refractivity contribution in [3.05, 3.63) is 58.7 Å². The van der Waals surface area contributed by atoms with Crippen LogP contribution in [0.5, 0.6) is 5.75 Å². The summed E-state index contributed by atoms with van der Waals surface area (Å²) >= 11 is 1.56. The molecule has 0 saturated heterocycles. The normalized spacial score (nSPS) is 15.1. The van der Waals surface area contributed by atoms with Gasteiger partial charge in [-0.05, 0) is 54.3 Å².